The van der Waals surface area contributed by atoms with Crippen molar-refractivity contribution in [1.29, 1.82) is 0 Å². The van der Waals surface area contributed by atoms with Crippen LogP contribution in [0.25, 0.3) is 0 Å². The van der Waals surface area contributed by atoms with Gasteiger partial charge >= 0.3 is 80.4 Å². The molecule has 9 fully saturated rings. The van der Waals surface area contributed by atoms with E-state index in [-0.39, 0.29) is 68.3 Å². The Labute approximate surface area is 713 Å². The second kappa shape index (κ2) is 45.7. The summed E-state index contributed by atoms with van der Waals surface area (Å²) in [5.74, 6) is -4.28. The summed E-state index contributed by atoms with van der Waals surface area (Å²) in [4.78, 5) is 67.7. The third-order valence-electron chi connectivity index (χ3n) is 21.2. The second-order valence-electron chi connectivity index (χ2n) is 29.3. The highest BCUT2D eigenvalue weighted by atomic mass is 32.3. The molecule has 4 amide bonds. The number of carbonyl (C=O) groups is 5. The molecule has 59 heteroatoms. The second-order valence-corrected chi connectivity index (χ2v) is 37.0. The van der Waals surface area contributed by atoms with Crippen molar-refractivity contribution < 1.29 is 218 Å². The fraction of sp³-hybridized carbons (Fsp3) is 0.922. The summed E-state index contributed by atoms with van der Waals surface area (Å²) < 4.78 is 343. The van der Waals surface area contributed by atoms with Crippen LogP contribution in [0.1, 0.15) is 117 Å². The highest BCUT2D eigenvalue weighted by Gasteiger charge is 2.70. The maximum absolute atomic E-state index is 14.5. The van der Waals surface area contributed by atoms with E-state index in [1.165, 1.54) is 6.92 Å². The lowest BCUT2D eigenvalue weighted by atomic mass is 9.83. The number of thioether (sulfide) groups is 1. The molecule has 9 heterocycles. The molecule has 9 aliphatic rings. The van der Waals surface area contributed by atoms with Crippen LogP contribution < -0.4 is 21.3 Å². The van der Waals surface area contributed by atoms with E-state index in [1.54, 1.807) is 11.8 Å². The molecule has 0 saturated carbocycles. The molecule has 0 aromatic carbocycles. The maximum atomic E-state index is 14.5. The quantitative estimate of drug-likeness (QED) is 0.0172. The average molecular weight is 1930 g/mol. The normalized spacial score (nSPS) is 35.7. The molecule has 9 rings (SSSR count). The van der Waals surface area contributed by atoms with Crippen molar-refractivity contribution in [2.45, 2.75) is 287 Å². The molecule has 0 aromatic heterocycles. The minimum absolute atomic E-state index is 0.0212. The SMILES string of the molecule is CCCCCO[C@@H]1[C@@H](NC(=O)CCCCCNC(=O)CCCCC2SCC3NC(=O)NC32)[C@H](O[C@H]2[C@H](OC)[C@@H](OC)[C@H](O[C@H]3[C@H](OS(=O)(=O)O)[C@@H](OS(=O)(=O)O)[C@@H](O[C@@H]4[C@H](OC)[C@H]5OC[C@]4(C(=O)O)OC5O[C@H]4[C@H](OC)[C@@H](OS(=O)(=O)O)[C@@H](OC)O[C@@H]4COS(=O)(=O)O)O[C@@H]3COS(=O)(=O)O)O[C@]2(CC)C(=O)O)O[C@H](COS(=O)(=O)O)[C@H]1OCCCCC. The Morgan fingerprint density at radius 3 is 1.51 bits per heavy atom. The predicted octanol–water partition coefficient (Wildman–Crippen LogP) is -2.36. The van der Waals surface area contributed by atoms with Gasteiger partial charge in [-0.05, 0) is 44.9 Å². The van der Waals surface area contributed by atoms with Crippen LogP contribution in [0, 0.1) is 0 Å². The standard InChI is InChI=1S/C64H108N4O48S7/c1-9-12-19-25-99-41-33(27-102-118(76,77)78)105-55(40(44(41)100-26-20-13-10-2)67-38(70)23-15-14-18-24-65-37(69)22-17-16-21-36-39-32(30-117-36)66-62(75)68-39)110-53-47(95-5)49(97-7)58(112-63(53,11-3)60(71)72)109-43-35(29-104-120(82,83)84)107-57(52(116-123(91,92)93)46(43)114-121(85,86)87)111-54-48(96-6)50-59(113-64(54,31-101-50)61(73)74)108-42-34(28-103-119(79,80)81)106-56(98-8)51(45(42)94-4)115-122(88,89)90/h32-36,39-59H,9-31H2,1-8H3,(H,65,69)(H,67,70)(H,71,72)(H,73,74)(H2,66,68,75)(H,76,77,78)(H,79,80,81)(H,82,83,84)(H,85,86,87)(H,88,89,90)(H,91,92,93)/t32?,33-,34-,35-,36?,39?,40-,41-,42-,43-,44-,45+,46+,47-,48-,49-,50-,51-,52-,53+,54-,55+,56+,57-,58-,59?,63+,64+/m1/s1. The number of hydrogen-bond donors (Lipinski definition) is 12. The first-order valence-electron chi connectivity index (χ1n) is 38.7. The Bertz CT molecular complexity index is 4190. The van der Waals surface area contributed by atoms with E-state index in [9.17, 15) is 112 Å². The topological polar surface area (TPSA) is 712 Å². The molecular weight excluding hydrogens is 1820 g/mol. The molecule has 12 N–H and O–H groups in total. The number of unbranched alkanes of at least 4 members (excludes halogenated alkanes) is 7. The van der Waals surface area contributed by atoms with E-state index in [0.29, 0.717) is 57.8 Å². The van der Waals surface area contributed by atoms with E-state index in [2.05, 4.69) is 29.6 Å². The number of nitrogens with one attached hydrogen (secondary N) is 4. The lowest BCUT2D eigenvalue weighted by Gasteiger charge is -2.57. The Morgan fingerprint density at radius 1 is 0.480 bits per heavy atom. The van der Waals surface area contributed by atoms with Gasteiger partial charge in [0.25, 0.3) is 0 Å². The van der Waals surface area contributed by atoms with Gasteiger partial charge in [-0.15, -0.1) is 0 Å². The first-order chi connectivity index (χ1) is 57.7. The summed E-state index contributed by atoms with van der Waals surface area (Å²) in [6.07, 6.45) is -43.6. The summed E-state index contributed by atoms with van der Waals surface area (Å²) in [5.41, 5.74) is -6.26. The molecule has 9 aliphatic heterocycles. The van der Waals surface area contributed by atoms with Crippen LogP contribution in [0.4, 0.5) is 4.79 Å². The molecule has 52 nitrogen and oxygen atoms in total. The van der Waals surface area contributed by atoms with E-state index in [4.69, 9.17) is 97.3 Å². The molecule has 0 aliphatic carbocycles. The van der Waals surface area contributed by atoms with Crippen LogP contribution in [0.2, 0.25) is 0 Å². The zero-order valence-corrected chi connectivity index (χ0v) is 73.3. The Kier molecular flexibility index (Phi) is 38.8. The zero-order valence-electron chi connectivity index (χ0n) is 67.5. The molecular formula is C64H108N4O48S7. The largest absolute Gasteiger partial charge is 0.479 e. The van der Waals surface area contributed by atoms with Crippen LogP contribution in [0.3, 0.4) is 0 Å². The van der Waals surface area contributed by atoms with Crippen LogP contribution in [0.5, 0.6) is 0 Å². The van der Waals surface area contributed by atoms with Gasteiger partial charge in [0.1, 0.15) is 97.6 Å². The molecule has 28 atom stereocenters. The molecule has 0 aromatic rings. The number of carbonyl (C=O) groups excluding carboxylic acids is 3. The van der Waals surface area contributed by atoms with E-state index in [1.807, 2.05) is 13.8 Å². The molecule has 0 spiro atoms. The fourth-order valence-electron chi connectivity index (χ4n) is 15.6. The zero-order chi connectivity index (χ0) is 91.0. The van der Waals surface area contributed by atoms with Crippen molar-refractivity contribution in [2.24, 2.45) is 0 Å². The third kappa shape index (κ3) is 28.8. The lowest BCUT2D eigenvalue weighted by Crippen LogP contribution is -2.78. The Balaban J connectivity index is 1.12. The molecule has 714 valence electrons. The first-order valence-corrected chi connectivity index (χ1v) is 47.9. The number of carboxylic acid groups (broad SMARTS) is 2. The number of methoxy groups -OCH3 is 5. The number of hydrogen-bond acceptors (Lipinski definition) is 41. The van der Waals surface area contributed by atoms with Gasteiger partial charge in [0.2, 0.25) is 17.4 Å². The highest BCUT2D eigenvalue weighted by Crippen LogP contribution is 2.48. The number of ether oxygens (including phenoxy) is 17. The number of carboxylic acids is 2. The minimum atomic E-state index is -6.23. The molecule has 4 unspecified atom stereocenters. The van der Waals surface area contributed by atoms with Crippen LogP contribution in [-0.2, 0) is 187 Å². The first kappa shape index (κ1) is 104. The average Bonchev–Trinajstić information content (AvgIpc) is 1.15. The number of rotatable bonds is 53. The maximum Gasteiger partial charge on any atom is 0.397 e. The van der Waals surface area contributed by atoms with Gasteiger partial charge in [0, 0.05) is 79.2 Å². The predicted molar refractivity (Wildman–Crippen MR) is 404 cm³/mol. The Morgan fingerprint density at radius 2 is 0.984 bits per heavy atom. The van der Waals surface area contributed by atoms with Gasteiger partial charge < -0.3 is 112 Å². The van der Waals surface area contributed by atoms with Gasteiger partial charge in [0.15, 0.2) is 49.3 Å². The number of amides is 4. The molecule has 9 saturated heterocycles. The monoisotopic (exact) mass is 1920 g/mol. The van der Waals surface area contributed by atoms with Crippen molar-refractivity contribution >= 4 is 104 Å². The van der Waals surface area contributed by atoms with Crippen LogP contribution >= 0.6 is 11.8 Å². The fourth-order valence-corrected chi connectivity index (χ4v) is 19.5. The van der Waals surface area contributed by atoms with Crippen molar-refractivity contribution in [2.75, 3.05) is 87.5 Å². The summed E-state index contributed by atoms with van der Waals surface area (Å²) in [6, 6.07) is -1.76. The van der Waals surface area contributed by atoms with E-state index < -0.39 is 266 Å². The molecule has 0 radical (unpaired) electrons. The highest BCUT2D eigenvalue weighted by molar-refractivity contribution is 8.00. The lowest BCUT2D eigenvalue weighted by molar-refractivity contribution is -0.429. The summed E-state index contributed by atoms with van der Waals surface area (Å²) in [7, 11) is -30.0. The smallest absolute Gasteiger partial charge is 0.397 e. The summed E-state index contributed by atoms with van der Waals surface area (Å²) in [6.45, 7) is -0.239. The van der Waals surface area contributed by atoms with Crippen molar-refractivity contribution in [3.05, 3.63) is 0 Å². The van der Waals surface area contributed by atoms with Crippen molar-refractivity contribution in [3.8, 4) is 0 Å². The van der Waals surface area contributed by atoms with Gasteiger partial charge in [-0.2, -0.15) is 62.3 Å². The van der Waals surface area contributed by atoms with Gasteiger partial charge in [-0.1, -0.05) is 59.3 Å². The minimum Gasteiger partial charge on any atom is -0.479 e. The van der Waals surface area contributed by atoms with Crippen molar-refractivity contribution in [1.82, 2.24) is 21.3 Å². The van der Waals surface area contributed by atoms with Crippen LogP contribution in [-0.4, -0.2) is 375 Å². The number of fused-ring (bicyclic) bond motifs is 4. The molecule has 2 bridgehead atoms. The van der Waals surface area contributed by atoms with E-state index >= 15 is 0 Å². The van der Waals surface area contributed by atoms with Crippen molar-refractivity contribution in [3.63, 3.8) is 0 Å². The third-order valence-corrected chi connectivity index (χ3v) is 25.4. The molecule has 123 heavy (non-hydrogen) atoms. The summed E-state index contributed by atoms with van der Waals surface area (Å²) >= 11 is 1.76. The number of urea groups is 1. The number of aliphatic carboxylic acids is 2. The van der Waals surface area contributed by atoms with Gasteiger partial charge in [-0.3, -0.25) is 36.9 Å². The van der Waals surface area contributed by atoms with Gasteiger partial charge in [-0.25, -0.2) is 39.5 Å². The summed E-state index contributed by atoms with van der Waals surface area (Å²) in [5, 5.41) is 34.7. The Hall–Kier alpha value is -3.96. The van der Waals surface area contributed by atoms with Gasteiger partial charge in [0.05, 0.1) is 38.5 Å². The van der Waals surface area contributed by atoms with E-state index in [0.717, 1.165) is 54.1 Å². The van der Waals surface area contributed by atoms with Crippen LogP contribution in [0.15, 0.2) is 0 Å².